The highest BCUT2D eigenvalue weighted by Crippen LogP contribution is 2.38. The van der Waals surface area contributed by atoms with E-state index >= 15 is 0 Å². The maximum absolute atomic E-state index is 13.3. The Labute approximate surface area is 198 Å². The van der Waals surface area contributed by atoms with Crippen molar-refractivity contribution in [2.75, 3.05) is 41.1 Å². The Morgan fingerprint density at radius 2 is 1.71 bits per heavy atom. The molecule has 1 atom stereocenters. The molecule has 2 aromatic carbocycles. The summed E-state index contributed by atoms with van der Waals surface area (Å²) in [5, 5.41) is 2.84. The second kappa shape index (κ2) is 9.98. The number of nitrogens with zero attached hydrogens (tertiary/aromatic N) is 1. The molecule has 0 saturated carbocycles. The summed E-state index contributed by atoms with van der Waals surface area (Å²) in [5.74, 6) is 1.91. The van der Waals surface area contributed by atoms with Gasteiger partial charge in [-0.2, -0.15) is 4.31 Å². The third-order valence-corrected chi connectivity index (χ3v) is 7.72. The van der Waals surface area contributed by atoms with Crippen molar-refractivity contribution in [3.8, 4) is 28.7 Å². The maximum atomic E-state index is 13.3. The second-order valence-electron chi connectivity index (χ2n) is 7.83. The summed E-state index contributed by atoms with van der Waals surface area (Å²) in [5.41, 5.74) is 0.724. The van der Waals surface area contributed by atoms with Gasteiger partial charge in [-0.25, -0.2) is 8.42 Å². The minimum absolute atomic E-state index is 0.0704. The van der Waals surface area contributed by atoms with Crippen LogP contribution in [0.1, 0.15) is 18.4 Å². The summed E-state index contributed by atoms with van der Waals surface area (Å²) in [7, 11) is 0.639. The fraction of sp³-hybridized carbons (Fsp3) is 0.435. The van der Waals surface area contributed by atoms with Crippen LogP contribution >= 0.6 is 0 Å². The third-order valence-electron chi connectivity index (χ3n) is 5.82. The molecule has 1 amide bonds. The third kappa shape index (κ3) is 4.58. The zero-order chi connectivity index (χ0) is 24.3. The summed E-state index contributed by atoms with van der Waals surface area (Å²) < 4.78 is 55.0. The lowest BCUT2D eigenvalue weighted by Gasteiger charge is -2.25. The minimum atomic E-state index is -3.90. The number of hydrogen-bond acceptors (Lipinski definition) is 8. The van der Waals surface area contributed by atoms with Crippen molar-refractivity contribution in [1.29, 1.82) is 0 Å². The SMILES string of the molecule is COc1cc(CNC(=O)[C@H]2CCCN2S(=O)(=O)c2ccc3c(c2)OCCO3)cc(OC)c1OC. The molecule has 1 N–H and O–H groups in total. The lowest BCUT2D eigenvalue weighted by Crippen LogP contribution is -2.45. The van der Waals surface area contributed by atoms with Gasteiger partial charge in [-0.15, -0.1) is 0 Å². The molecule has 0 radical (unpaired) electrons. The van der Waals surface area contributed by atoms with Crippen LogP contribution in [0.25, 0.3) is 0 Å². The number of hydrogen-bond donors (Lipinski definition) is 1. The molecular weight excluding hydrogens is 464 g/mol. The van der Waals surface area contributed by atoms with Gasteiger partial charge in [0, 0.05) is 19.2 Å². The molecule has 184 valence electrons. The van der Waals surface area contributed by atoms with Gasteiger partial charge in [0.15, 0.2) is 23.0 Å². The molecule has 0 unspecified atom stereocenters. The van der Waals surface area contributed by atoms with Crippen molar-refractivity contribution >= 4 is 15.9 Å². The van der Waals surface area contributed by atoms with E-state index in [1.165, 1.54) is 37.8 Å². The average Bonchev–Trinajstić information content (AvgIpc) is 3.37. The number of sulfonamides is 1. The van der Waals surface area contributed by atoms with Crippen molar-refractivity contribution in [1.82, 2.24) is 9.62 Å². The van der Waals surface area contributed by atoms with Crippen molar-refractivity contribution in [3.63, 3.8) is 0 Å². The van der Waals surface area contributed by atoms with Crippen LogP contribution in [0.4, 0.5) is 0 Å². The topological polar surface area (TPSA) is 113 Å². The second-order valence-corrected chi connectivity index (χ2v) is 9.72. The van der Waals surface area contributed by atoms with Crippen LogP contribution in [-0.2, 0) is 21.4 Å². The van der Waals surface area contributed by atoms with Crippen molar-refractivity contribution in [2.24, 2.45) is 0 Å². The number of benzene rings is 2. The quantitative estimate of drug-likeness (QED) is 0.595. The van der Waals surface area contributed by atoms with Crippen LogP contribution in [0.2, 0.25) is 0 Å². The summed E-state index contributed by atoms with van der Waals surface area (Å²) in [4.78, 5) is 13.1. The Kier molecular flexibility index (Phi) is 7.03. The predicted octanol–water partition coefficient (Wildman–Crippen LogP) is 1.95. The Morgan fingerprint density at radius 1 is 1.03 bits per heavy atom. The summed E-state index contributed by atoms with van der Waals surface area (Å²) in [6.07, 6.45) is 1.02. The fourth-order valence-corrected chi connectivity index (χ4v) is 5.83. The van der Waals surface area contributed by atoms with Gasteiger partial charge in [0.1, 0.15) is 19.3 Å². The first kappa shape index (κ1) is 24.0. The molecule has 2 aliphatic heterocycles. The molecule has 2 aliphatic rings. The van der Waals surface area contributed by atoms with Gasteiger partial charge in [0.05, 0.1) is 26.2 Å². The Bertz CT molecular complexity index is 1140. The van der Waals surface area contributed by atoms with Gasteiger partial charge in [0.25, 0.3) is 0 Å². The van der Waals surface area contributed by atoms with E-state index in [1.54, 1.807) is 18.2 Å². The molecule has 10 nitrogen and oxygen atoms in total. The summed E-state index contributed by atoms with van der Waals surface area (Å²) in [6, 6.07) is 7.18. The molecule has 1 fully saturated rings. The van der Waals surface area contributed by atoms with Gasteiger partial charge in [0.2, 0.25) is 21.7 Å². The van der Waals surface area contributed by atoms with Gasteiger partial charge in [-0.3, -0.25) is 4.79 Å². The lowest BCUT2D eigenvalue weighted by molar-refractivity contribution is -0.124. The average molecular weight is 493 g/mol. The van der Waals surface area contributed by atoms with E-state index < -0.39 is 16.1 Å². The van der Waals surface area contributed by atoms with Crippen LogP contribution in [0.3, 0.4) is 0 Å². The van der Waals surface area contributed by atoms with Gasteiger partial charge >= 0.3 is 0 Å². The van der Waals surface area contributed by atoms with Crippen molar-refractivity contribution in [2.45, 2.75) is 30.3 Å². The van der Waals surface area contributed by atoms with E-state index in [9.17, 15) is 13.2 Å². The summed E-state index contributed by atoms with van der Waals surface area (Å²) >= 11 is 0. The van der Waals surface area contributed by atoms with Gasteiger partial charge in [-0.1, -0.05) is 0 Å². The minimum Gasteiger partial charge on any atom is -0.493 e. The van der Waals surface area contributed by atoms with E-state index in [0.717, 1.165) is 5.56 Å². The molecule has 2 aromatic rings. The van der Waals surface area contributed by atoms with Crippen LogP contribution in [0.5, 0.6) is 28.7 Å². The molecule has 1 saturated heterocycles. The molecule has 0 bridgehead atoms. The van der Waals surface area contributed by atoms with Gasteiger partial charge in [-0.05, 0) is 42.7 Å². The number of amides is 1. The number of carbonyl (C=O) groups is 1. The molecule has 0 spiro atoms. The number of carbonyl (C=O) groups excluding carboxylic acids is 1. The zero-order valence-corrected chi connectivity index (χ0v) is 20.1. The molecule has 0 aromatic heterocycles. The van der Waals surface area contributed by atoms with Gasteiger partial charge < -0.3 is 29.0 Å². The van der Waals surface area contributed by atoms with Crippen LogP contribution in [-0.4, -0.2) is 65.8 Å². The molecule has 34 heavy (non-hydrogen) atoms. The van der Waals surface area contributed by atoms with E-state index in [1.807, 2.05) is 0 Å². The zero-order valence-electron chi connectivity index (χ0n) is 19.3. The largest absolute Gasteiger partial charge is 0.493 e. The fourth-order valence-electron chi connectivity index (χ4n) is 4.15. The highest BCUT2D eigenvalue weighted by Gasteiger charge is 2.39. The Morgan fingerprint density at radius 3 is 2.35 bits per heavy atom. The number of ether oxygens (including phenoxy) is 5. The number of methoxy groups -OCH3 is 3. The number of rotatable bonds is 8. The molecule has 2 heterocycles. The summed E-state index contributed by atoms with van der Waals surface area (Å²) in [6.45, 7) is 1.20. The van der Waals surface area contributed by atoms with Crippen LogP contribution in [0.15, 0.2) is 35.2 Å². The monoisotopic (exact) mass is 492 g/mol. The van der Waals surface area contributed by atoms with E-state index in [0.29, 0.717) is 54.8 Å². The molecule has 4 rings (SSSR count). The lowest BCUT2D eigenvalue weighted by atomic mass is 10.1. The Hall–Kier alpha value is -3.18. The highest BCUT2D eigenvalue weighted by molar-refractivity contribution is 7.89. The number of nitrogens with one attached hydrogen (secondary N) is 1. The first-order chi connectivity index (χ1) is 16.4. The molecular formula is C23H28N2O8S. The van der Waals surface area contributed by atoms with Crippen LogP contribution < -0.4 is 29.0 Å². The first-order valence-electron chi connectivity index (χ1n) is 10.9. The standard InChI is InChI=1S/C23H28N2O8S/c1-29-20-11-15(12-21(30-2)22(20)31-3)14-24-23(26)17-5-4-8-25(17)34(27,28)16-6-7-18-19(13-16)33-10-9-32-18/h6-7,11-13,17H,4-5,8-10,14H2,1-3H3,(H,24,26)/t17-/m1/s1. The van der Waals surface area contributed by atoms with E-state index in [4.69, 9.17) is 23.7 Å². The van der Waals surface area contributed by atoms with E-state index in [2.05, 4.69) is 5.32 Å². The molecule has 0 aliphatic carbocycles. The Balaban J connectivity index is 1.50. The van der Waals surface area contributed by atoms with Crippen molar-refractivity contribution < 1.29 is 36.9 Å². The number of fused-ring (bicyclic) bond motifs is 1. The predicted molar refractivity (Wildman–Crippen MR) is 122 cm³/mol. The first-order valence-corrected chi connectivity index (χ1v) is 12.3. The van der Waals surface area contributed by atoms with Crippen molar-refractivity contribution in [3.05, 3.63) is 35.9 Å². The normalized spacial score (nSPS) is 17.8. The smallest absolute Gasteiger partial charge is 0.243 e. The van der Waals surface area contributed by atoms with Crippen LogP contribution in [0, 0.1) is 0 Å². The molecule has 11 heteroatoms. The maximum Gasteiger partial charge on any atom is 0.243 e. The van der Waals surface area contributed by atoms with E-state index in [-0.39, 0.29) is 23.9 Å². The highest BCUT2D eigenvalue weighted by atomic mass is 32.2.